The number of carbonyl (C=O) groups is 2. The molecule has 2 aliphatic heterocycles. The molecule has 2 amide bonds. The highest BCUT2D eigenvalue weighted by Crippen LogP contribution is 2.31. The lowest BCUT2D eigenvalue weighted by Gasteiger charge is -2.36. The molecule has 2 saturated heterocycles. The first-order valence-corrected chi connectivity index (χ1v) is 10.4. The van der Waals surface area contributed by atoms with Crippen LogP contribution < -0.4 is 9.80 Å². The van der Waals surface area contributed by atoms with Gasteiger partial charge in [0.05, 0.1) is 12.1 Å². The summed E-state index contributed by atoms with van der Waals surface area (Å²) in [5, 5.41) is 0. The highest BCUT2D eigenvalue weighted by molar-refractivity contribution is 6.00. The molecule has 0 spiro atoms. The van der Waals surface area contributed by atoms with Crippen molar-refractivity contribution in [2.75, 3.05) is 42.5 Å². The van der Waals surface area contributed by atoms with E-state index in [9.17, 15) is 9.59 Å². The molecular weight excluding hydrogens is 366 g/mol. The van der Waals surface area contributed by atoms with E-state index in [-0.39, 0.29) is 17.7 Å². The number of fused-ring (bicyclic) bond motifs is 1. The van der Waals surface area contributed by atoms with Gasteiger partial charge in [0.1, 0.15) is 5.82 Å². The lowest BCUT2D eigenvalue weighted by atomic mass is 10.1. The van der Waals surface area contributed by atoms with Gasteiger partial charge in [-0.25, -0.2) is 4.98 Å². The Morgan fingerprint density at radius 1 is 1.03 bits per heavy atom. The SMILES string of the molecule is O=C([C@H]1CC(=O)N(c2ccc3c(c2)CCC3)C1)N1CCN(c2cnccn2)CC1. The molecule has 0 N–H and O–H groups in total. The molecule has 1 aromatic carbocycles. The minimum absolute atomic E-state index is 0.0551. The Hall–Kier alpha value is -2.96. The number of benzene rings is 1. The number of aryl methyl sites for hydroxylation is 2. The molecule has 5 rings (SSSR count). The van der Waals surface area contributed by atoms with E-state index in [4.69, 9.17) is 0 Å². The Kier molecular flexibility index (Phi) is 4.66. The van der Waals surface area contributed by atoms with Crippen LogP contribution in [0.2, 0.25) is 0 Å². The summed E-state index contributed by atoms with van der Waals surface area (Å²) in [6.45, 7) is 3.26. The summed E-state index contributed by atoms with van der Waals surface area (Å²) in [6.07, 6.45) is 8.81. The van der Waals surface area contributed by atoms with Gasteiger partial charge in [0.15, 0.2) is 0 Å². The number of hydrogen-bond donors (Lipinski definition) is 0. The molecular formula is C22H25N5O2. The highest BCUT2D eigenvalue weighted by Gasteiger charge is 2.38. The Morgan fingerprint density at radius 2 is 1.86 bits per heavy atom. The van der Waals surface area contributed by atoms with Gasteiger partial charge >= 0.3 is 0 Å². The molecule has 0 radical (unpaired) electrons. The minimum atomic E-state index is -0.251. The lowest BCUT2D eigenvalue weighted by molar-refractivity contribution is -0.136. The Labute approximate surface area is 170 Å². The smallest absolute Gasteiger partial charge is 0.228 e. The molecule has 1 aliphatic carbocycles. The van der Waals surface area contributed by atoms with Crippen molar-refractivity contribution < 1.29 is 9.59 Å². The third-order valence-corrected chi connectivity index (χ3v) is 6.33. The van der Waals surface area contributed by atoms with E-state index in [0.29, 0.717) is 26.1 Å². The fourth-order valence-corrected chi connectivity index (χ4v) is 4.72. The molecule has 0 bridgehead atoms. The van der Waals surface area contributed by atoms with E-state index in [1.54, 1.807) is 23.5 Å². The van der Waals surface area contributed by atoms with Crippen LogP contribution in [-0.4, -0.2) is 59.4 Å². The van der Waals surface area contributed by atoms with Crippen LogP contribution >= 0.6 is 0 Å². The molecule has 1 atom stereocenters. The number of piperazine rings is 1. The van der Waals surface area contributed by atoms with Crippen LogP contribution in [0.15, 0.2) is 36.8 Å². The lowest BCUT2D eigenvalue weighted by Crippen LogP contribution is -2.51. The fraction of sp³-hybridized carbons (Fsp3) is 0.455. The number of amides is 2. The number of rotatable bonds is 3. The van der Waals surface area contributed by atoms with E-state index in [1.165, 1.54) is 17.5 Å². The van der Waals surface area contributed by atoms with Crippen LogP contribution in [0.5, 0.6) is 0 Å². The first-order valence-electron chi connectivity index (χ1n) is 10.4. The van der Waals surface area contributed by atoms with Crippen LogP contribution in [0, 0.1) is 5.92 Å². The molecule has 3 heterocycles. The molecule has 2 fully saturated rings. The monoisotopic (exact) mass is 391 g/mol. The van der Waals surface area contributed by atoms with Gasteiger partial charge in [0.2, 0.25) is 11.8 Å². The molecule has 150 valence electrons. The zero-order chi connectivity index (χ0) is 19.8. The highest BCUT2D eigenvalue weighted by atomic mass is 16.2. The van der Waals surface area contributed by atoms with Crippen LogP contribution in [0.4, 0.5) is 11.5 Å². The third-order valence-electron chi connectivity index (χ3n) is 6.33. The van der Waals surface area contributed by atoms with Gasteiger partial charge in [0.25, 0.3) is 0 Å². The molecule has 7 nitrogen and oxygen atoms in total. The second kappa shape index (κ2) is 7.46. The first kappa shape index (κ1) is 18.1. The van der Waals surface area contributed by atoms with Crippen LogP contribution in [-0.2, 0) is 22.4 Å². The first-order chi connectivity index (χ1) is 14.2. The fourth-order valence-electron chi connectivity index (χ4n) is 4.72. The summed E-state index contributed by atoms with van der Waals surface area (Å²) in [5.74, 6) is 0.748. The second-order valence-electron chi connectivity index (χ2n) is 8.09. The maximum atomic E-state index is 13.1. The summed E-state index contributed by atoms with van der Waals surface area (Å²) in [5.41, 5.74) is 3.69. The third kappa shape index (κ3) is 3.45. The van der Waals surface area contributed by atoms with Crippen molar-refractivity contribution in [1.82, 2.24) is 14.9 Å². The van der Waals surface area contributed by atoms with Gasteiger partial charge < -0.3 is 14.7 Å². The van der Waals surface area contributed by atoms with Crippen LogP contribution in [0.1, 0.15) is 24.0 Å². The van der Waals surface area contributed by atoms with Gasteiger partial charge in [-0.2, -0.15) is 0 Å². The van der Waals surface area contributed by atoms with Crippen molar-refractivity contribution in [2.24, 2.45) is 5.92 Å². The molecule has 0 saturated carbocycles. The summed E-state index contributed by atoms with van der Waals surface area (Å²) >= 11 is 0. The van der Waals surface area contributed by atoms with E-state index >= 15 is 0 Å². The largest absolute Gasteiger partial charge is 0.352 e. The minimum Gasteiger partial charge on any atom is -0.352 e. The molecule has 0 unspecified atom stereocenters. The maximum Gasteiger partial charge on any atom is 0.228 e. The molecule has 1 aromatic heterocycles. The van der Waals surface area contributed by atoms with Gasteiger partial charge in [-0.15, -0.1) is 0 Å². The summed E-state index contributed by atoms with van der Waals surface area (Å²) < 4.78 is 0. The zero-order valence-corrected chi connectivity index (χ0v) is 16.5. The molecule has 3 aliphatic rings. The van der Waals surface area contributed by atoms with Crippen LogP contribution in [0.3, 0.4) is 0 Å². The van der Waals surface area contributed by atoms with E-state index in [2.05, 4.69) is 27.0 Å². The molecule has 2 aromatic rings. The maximum absolute atomic E-state index is 13.1. The zero-order valence-electron chi connectivity index (χ0n) is 16.5. The summed E-state index contributed by atoms with van der Waals surface area (Å²) in [7, 11) is 0. The van der Waals surface area contributed by atoms with Crippen molar-refractivity contribution in [3.05, 3.63) is 47.9 Å². The number of aromatic nitrogens is 2. The van der Waals surface area contributed by atoms with Gasteiger partial charge in [-0.05, 0) is 42.5 Å². The Morgan fingerprint density at radius 3 is 2.66 bits per heavy atom. The standard InChI is InChI=1S/C22H25N5O2/c28-21-13-18(15-27(21)19-5-4-16-2-1-3-17(16)12-19)22(29)26-10-8-25(9-11-26)20-14-23-6-7-24-20/h4-7,12,14,18H,1-3,8-11,13,15H2/t18-/m0/s1. The van der Waals surface area contributed by atoms with Gasteiger partial charge in [-0.1, -0.05) is 6.07 Å². The Balaban J connectivity index is 1.22. The van der Waals surface area contributed by atoms with Crippen LogP contribution in [0.25, 0.3) is 0 Å². The van der Waals surface area contributed by atoms with Gasteiger partial charge in [0, 0.05) is 57.2 Å². The van der Waals surface area contributed by atoms with Crippen molar-refractivity contribution >= 4 is 23.3 Å². The quantitative estimate of drug-likeness (QED) is 0.796. The van der Waals surface area contributed by atoms with Crippen molar-refractivity contribution in [1.29, 1.82) is 0 Å². The molecule has 29 heavy (non-hydrogen) atoms. The predicted molar refractivity (Wildman–Crippen MR) is 110 cm³/mol. The topological polar surface area (TPSA) is 69.6 Å². The van der Waals surface area contributed by atoms with Gasteiger partial charge in [-0.3, -0.25) is 14.6 Å². The normalized spacial score (nSPS) is 21.6. The number of anilines is 2. The number of nitrogens with zero attached hydrogens (tertiary/aromatic N) is 5. The molecule has 7 heteroatoms. The van der Waals surface area contributed by atoms with Crippen molar-refractivity contribution in [3.63, 3.8) is 0 Å². The average molecular weight is 391 g/mol. The summed E-state index contributed by atoms with van der Waals surface area (Å²) in [4.78, 5) is 40.0. The second-order valence-corrected chi connectivity index (χ2v) is 8.09. The van der Waals surface area contributed by atoms with E-state index in [1.807, 2.05) is 11.0 Å². The average Bonchev–Trinajstić information content (AvgIpc) is 3.40. The Bertz CT molecular complexity index is 924. The van der Waals surface area contributed by atoms with E-state index < -0.39 is 0 Å². The number of carbonyl (C=O) groups excluding carboxylic acids is 2. The number of hydrogen-bond acceptors (Lipinski definition) is 5. The van der Waals surface area contributed by atoms with Crippen molar-refractivity contribution in [3.8, 4) is 0 Å². The van der Waals surface area contributed by atoms with Crippen molar-refractivity contribution in [2.45, 2.75) is 25.7 Å². The predicted octanol–water partition coefficient (Wildman–Crippen LogP) is 1.67. The van der Waals surface area contributed by atoms with E-state index in [0.717, 1.165) is 37.4 Å². The summed E-state index contributed by atoms with van der Waals surface area (Å²) in [6, 6.07) is 6.33.